The summed E-state index contributed by atoms with van der Waals surface area (Å²) in [6, 6.07) is 8.36. The van der Waals surface area contributed by atoms with Crippen LogP contribution < -0.4 is 5.50 Å². The zero-order chi connectivity index (χ0) is 7.98. The van der Waals surface area contributed by atoms with Crippen molar-refractivity contribution in [1.29, 1.82) is 0 Å². The summed E-state index contributed by atoms with van der Waals surface area (Å²) >= 11 is 0. The summed E-state index contributed by atoms with van der Waals surface area (Å²) in [5, 5.41) is 0. The molecule has 1 aromatic rings. The van der Waals surface area contributed by atoms with E-state index in [1.54, 1.807) is 0 Å². The van der Waals surface area contributed by atoms with Gasteiger partial charge in [-0.25, -0.2) is 0 Å². The lowest BCUT2D eigenvalue weighted by Crippen LogP contribution is -1.74. The van der Waals surface area contributed by atoms with Crippen molar-refractivity contribution in [1.82, 2.24) is 0 Å². The van der Waals surface area contributed by atoms with Gasteiger partial charge in [0, 0.05) is 0 Å². The third-order valence-corrected chi connectivity index (χ3v) is 1.43. The van der Waals surface area contributed by atoms with Crippen LogP contribution in [0.3, 0.4) is 0 Å². The Morgan fingerprint density at radius 1 is 1.00 bits per heavy atom. The van der Waals surface area contributed by atoms with Gasteiger partial charge in [-0.2, -0.15) is 0 Å². The van der Waals surface area contributed by atoms with E-state index in [1.807, 2.05) is 9.39 Å². The molecule has 10 heavy (non-hydrogen) atoms. The molecule has 1 aromatic carbocycles. The quantitative estimate of drug-likeness (QED) is 0.570. The summed E-state index contributed by atoms with van der Waals surface area (Å²) in [4.78, 5) is 0. The highest BCUT2D eigenvalue weighted by Gasteiger charge is 1.83. The topological polar surface area (TPSA) is 26.0 Å². The maximum atomic E-state index is 4.42. The van der Waals surface area contributed by atoms with E-state index in [0.29, 0.717) is 0 Å². The van der Waals surface area contributed by atoms with Crippen molar-refractivity contribution in [3.63, 3.8) is 0 Å². The second kappa shape index (κ2) is 5.40. The summed E-state index contributed by atoms with van der Waals surface area (Å²) in [6.45, 7) is 4.24. The molecule has 0 heterocycles. The molecule has 0 bridgehead atoms. The third-order valence-electron chi connectivity index (χ3n) is 1.43. The van der Waals surface area contributed by atoms with Crippen molar-refractivity contribution in [3.8, 4) is 0 Å². The molecule has 0 radical (unpaired) electrons. The lowest BCUT2D eigenvalue weighted by molar-refractivity contribution is 1.34. The maximum Gasteiger partial charge on any atom is -0.0395 e. The summed E-state index contributed by atoms with van der Waals surface area (Å²) in [5.74, 6) is 0. The van der Waals surface area contributed by atoms with Gasteiger partial charge in [0.25, 0.3) is 0 Å². The van der Waals surface area contributed by atoms with E-state index in [-0.39, 0.29) is 0 Å². The Morgan fingerprint density at radius 2 is 1.30 bits per heavy atom. The van der Waals surface area contributed by atoms with E-state index in [2.05, 4.69) is 43.6 Å². The molecule has 0 aliphatic rings. The fourth-order valence-corrected chi connectivity index (χ4v) is 0.663. The zero-order valence-electron chi connectivity index (χ0n) is 6.46. The van der Waals surface area contributed by atoms with Gasteiger partial charge in [0.15, 0.2) is 0 Å². The van der Waals surface area contributed by atoms with Gasteiger partial charge in [0.1, 0.15) is 0 Å². The average molecular weight is 155 g/mol. The van der Waals surface area contributed by atoms with Crippen molar-refractivity contribution in [3.05, 3.63) is 35.4 Å². The monoisotopic (exact) mass is 155 g/mol. The van der Waals surface area contributed by atoms with Gasteiger partial charge in [-0.05, 0) is 25.0 Å². The predicted octanol–water partition coefficient (Wildman–Crippen LogP) is 2.04. The molecule has 0 aliphatic heterocycles. The molecule has 0 aromatic heterocycles. The van der Waals surface area contributed by atoms with E-state index in [0.717, 1.165) is 0 Å². The van der Waals surface area contributed by atoms with E-state index in [4.69, 9.17) is 0 Å². The third kappa shape index (κ3) is 2.95. The Labute approximate surface area is 64.9 Å². The van der Waals surface area contributed by atoms with Gasteiger partial charge in [-0.3, -0.25) is 0 Å². The molecule has 2 heteroatoms. The number of nitrogens with two attached hydrogens (primary N) is 1. The molecule has 0 spiro atoms. The lowest BCUT2D eigenvalue weighted by atomic mass is 10.1. The highest BCUT2D eigenvalue weighted by molar-refractivity contribution is 7.13. The van der Waals surface area contributed by atoms with E-state index in [1.165, 1.54) is 11.1 Å². The van der Waals surface area contributed by atoms with Gasteiger partial charge in [-0.1, -0.05) is 33.7 Å². The Hall–Kier alpha value is -0.390. The van der Waals surface area contributed by atoms with Crippen LogP contribution in [0.2, 0.25) is 0 Å². The molecule has 0 saturated heterocycles. The first-order valence-electron chi connectivity index (χ1n) is 3.16. The van der Waals surface area contributed by atoms with Crippen LogP contribution in [0.5, 0.6) is 0 Å². The van der Waals surface area contributed by atoms with Crippen LogP contribution in [0.1, 0.15) is 11.1 Å². The molecule has 2 N–H and O–H groups in total. The van der Waals surface area contributed by atoms with E-state index in [9.17, 15) is 0 Å². The van der Waals surface area contributed by atoms with Gasteiger partial charge < -0.3 is 5.50 Å². The number of hydrogen-bond donors (Lipinski definition) is 1. The molecule has 0 amide bonds. The SMILES string of the molecule is Cc1ccccc1C.NP. The number of rotatable bonds is 0. The number of aryl methyl sites for hydroxylation is 2. The van der Waals surface area contributed by atoms with E-state index < -0.39 is 0 Å². The average Bonchev–Trinajstić information content (AvgIpc) is 2.00. The van der Waals surface area contributed by atoms with Crippen LogP contribution in [0.15, 0.2) is 24.3 Å². The first-order valence-corrected chi connectivity index (χ1v) is 3.83. The second-order valence-corrected chi connectivity index (χ2v) is 2.08. The highest BCUT2D eigenvalue weighted by Crippen LogP contribution is 2.02. The zero-order valence-corrected chi connectivity index (χ0v) is 7.62. The largest absolute Gasteiger partial charge is 0.314 e. The molecule has 1 unspecified atom stereocenters. The summed E-state index contributed by atoms with van der Waals surface area (Å²) in [6.07, 6.45) is 0. The first-order chi connectivity index (χ1) is 4.80. The molecular formula is C8H14NP. The van der Waals surface area contributed by atoms with Crippen LogP contribution in [-0.4, -0.2) is 0 Å². The van der Waals surface area contributed by atoms with Crippen molar-refractivity contribution in [2.75, 3.05) is 0 Å². The summed E-state index contributed by atoms with van der Waals surface area (Å²) < 4.78 is 0. The summed E-state index contributed by atoms with van der Waals surface area (Å²) in [7, 11) is 1.92. The molecule has 0 aliphatic carbocycles. The second-order valence-electron chi connectivity index (χ2n) is 2.08. The standard InChI is InChI=1S/C8H10.H4NP/c1-7-5-3-4-6-8(7)2;1-2/h3-6H,1-2H3;1-2H2. The molecule has 0 saturated carbocycles. The normalized spacial score (nSPS) is 8.00. The van der Waals surface area contributed by atoms with Gasteiger partial charge in [-0.15, -0.1) is 0 Å². The fraction of sp³-hybridized carbons (Fsp3) is 0.250. The smallest absolute Gasteiger partial charge is 0.0395 e. The Bertz CT molecular complexity index is 165. The van der Waals surface area contributed by atoms with Gasteiger partial charge in [0.05, 0.1) is 0 Å². The van der Waals surface area contributed by atoms with Crippen molar-refractivity contribution < 1.29 is 0 Å². The van der Waals surface area contributed by atoms with Crippen LogP contribution in [0.4, 0.5) is 0 Å². The van der Waals surface area contributed by atoms with Crippen LogP contribution >= 0.6 is 9.39 Å². The molecule has 1 nitrogen and oxygen atoms in total. The highest BCUT2D eigenvalue weighted by atomic mass is 31.0. The van der Waals surface area contributed by atoms with Crippen LogP contribution in [0.25, 0.3) is 0 Å². The Morgan fingerprint density at radius 3 is 1.50 bits per heavy atom. The van der Waals surface area contributed by atoms with Crippen molar-refractivity contribution in [2.24, 2.45) is 5.50 Å². The fourth-order valence-electron chi connectivity index (χ4n) is 0.663. The molecule has 0 fully saturated rings. The minimum absolute atomic E-state index is 1.37. The molecular weight excluding hydrogens is 141 g/mol. The molecule has 1 atom stereocenters. The predicted molar refractivity (Wildman–Crippen MR) is 49.8 cm³/mol. The number of benzene rings is 1. The van der Waals surface area contributed by atoms with E-state index >= 15 is 0 Å². The first kappa shape index (κ1) is 9.61. The van der Waals surface area contributed by atoms with Gasteiger partial charge in [0.2, 0.25) is 0 Å². The minimum atomic E-state index is 1.37. The minimum Gasteiger partial charge on any atom is -0.314 e. The summed E-state index contributed by atoms with van der Waals surface area (Å²) in [5.41, 5.74) is 7.15. The molecule has 56 valence electrons. The van der Waals surface area contributed by atoms with Crippen LogP contribution in [-0.2, 0) is 0 Å². The lowest BCUT2D eigenvalue weighted by Gasteiger charge is -1.93. The van der Waals surface area contributed by atoms with Crippen molar-refractivity contribution >= 4 is 9.39 Å². The van der Waals surface area contributed by atoms with Crippen molar-refractivity contribution in [2.45, 2.75) is 13.8 Å². The Balaban J connectivity index is 0.000000371. The van der Waals surface area contributed by atoms with Crippen LogP contribution in [0, 0.1) is 13.8 Å². The number of hydrogen-bond acceptors (Lipinski definition) is 1. The Kier molecular flexibility index (Phi) is 5.19. The maximum absolute atomic E-state index is 4.42. The van der Waals surface area contributed by atoms with Gasteiger partial charge >= 0.3 is 0 Å². The molecule has 1 rings (SSSR count).